The van der Waals surface area contributed by atoms with Gasteiger partial charge >= 0.3 is 0 Å². The Bertz CT molecular complexity index is 525. The molecule has 0 fully saturated rings. The van der Waals surface area contributed by atoms with Crippen LogP contribution in [-0.2, 0) is 6.42 Å². The molecule has 0 spiro atoms. The lowest BCUT2D eigenvalue weighted by Crippen LogP contribution is -1.85. The van der Waals surface area contributed by atoms with Crippen LogP contribution < -0.4 is 5.73 Å². The van der Waals surface area contributed by atoms with Crippen molar-refractivity contribution in [3.63, 3.8) is 0 Å². The van der Waals surface area contributed by atoms with E-state index in [1.54, 1.807) is 11.3 Å². The Morgan fingerprint density at radius 3 is 3.00 bits per heavy atom. The summed E-state index contributed by atoms with van der Waals surface area (Å²) in [5, 5.41) is 10.6. The number of nitriles is 1. The van der Waals surface area contributed by atoms with E-state index in [1.807, 2.05) is 18.2 Å². The fourth-order valence-electron chi connectivity index (χ4n) is 1.35. The molecule has 0 unspecified atom stereocenters. The van der Waals surface area contributed by atoms with E-state index >= 15 is 0 Å². The fraction of sp³-hybridized carbons (Fsp3) is 0.100. The van der Waals surface area contributed by atoms with Gasteiger partial charge in [0.1, 0.15) is 0 Å². The Kier molecular flexibility index (Phi) is 2.61. The molecule has 70 valence electrons. The predicted molar refractivity (Wildman–Crippen MR) is 68.3 cm³/mol. The second-order valence-electron chi connectivity index (χ2n) is 2.94. The number of nitrogens with zero attached hydrogens (tertiary/aromatic N) is 1. The van der Waals surface area contributed by atoms with Crippen molar-refractivity contribution >= 4 is 49.0 Å². The van der Waals surface area contributed by atoms with Crippen LogP contribution in [0.1, 0.15) is 5.56 Å². The van der Waals surface area contributed by atoms with E-state index in [4.69, 9.17) is 11.0 Å². The quantitative estimate of drug-likeness (QED) is 0.822. The molecule has 0 amide bonds. The van der Waals surface area contributed by atoms with E-state index in [0.29, 0.717) is 6.42 Å². The molecule has 1 heterocycles. The highest BCUT2D eigenvalue weighted by atomic mass is 127. The van der Waals surface area contributed by atoms with Gasteiger partial charge in [0.15, 0.2) is 0 Å². The first-order chi connectivity index (χ1) is 6.72. The van der Waals surface area contributed by atoms with Gasteiger partial charge in [-0.1, -0.05) is 12.1 Å². The molecule has 0 saturated carbocycles. The van der Waals surface area contributed by atoms with Crippen molar-refractivity contribution in [1.29, 1.82) is 5.26 Å². The molecule has 0 atom stereocenters. The Morgan fingerprint density at radius 2 is 2.29 bits per heavy atom. The number of hydrogen-bond acceptors (Lipinski definition) is 3. The average molecular weight is 314 g/mol. The SMILES string of the molecule is N#CCc1ccc2cc(N)sc2c1I. The summed E-state index contributed by atoms with van der Waals surface area (Å²) >= 11 is 3.86. The standard InChI is InChI=1S/C10H7IN2S/c11-9-6(3-4-12)1-2-7-5-8(13)14-10(7)9/h1-2,5H,3,13H2. The van der Waals surface area contributed by atoms with Crippen LogP contribution in [0.5, 0.6) is 0 Å². The lowest BCUT2D eigenvalue weighted by molar-refractivity contribution is 1.26. The number of thiophene rings is 1. The Hall–Kier alpha value is -0.800. The van der Waals surface area contributed by atoms with Gasteiger partial charge in [0, 0.05) is 3.57 Å². The zero-order valence-corrected chi connectivity index (χ0v) is 10.2. The Labute approximate surface area is 99.5 Å². The number of hydrogen-bond donors (Lipinski definition) is 1. The van der Waals surface area contributed by atoms with E-state index in [9.17, 15) is 0 Å². The number of halogens is 1. The maximum Gasteiger partial charge on any atom is 0.0869 e. The van der Waals surface area contributed by atoms with E-state index in [2.05, 4.69) is 28.7 Å². The first kappa shape index (κ1) is 9.74. The Balaban J connectivity index is 2.69. The second-order valence-corrected chi connectivity index (χ2v) is 5.10. The molecule has 0 saturated heterocycles. The van der Waals surface area contributed by atoms with Crippen molar-refractivity contribution in [1.82, 2.24) is 0 Å². The van der Waals surface area contributed by atoms with Gasteiger partial charge in [0.2, 0.25) is 0 Å². The number of rotatable bonds is 1. The van der Waals surface area contributed by atoms with Crippen LogP contribution in [-0.4, -0.2) is 0 Å². The van der Waals surface area contributed by atoms with Gasteiger partial charge in [-0.15, -0.1) is 11.3 Å². The van der Waals surface area contributed by atoms with Crippen molar-refractivity contribution < 1.29 is 0 Å². The molecule has 14 heavy (non-hydrogen) atoms. The summed E-state index contributed by atoms with van der Waals surface area (Å²) in [4.78, 5) is 0. The molecule has 4 heteroatoms. The van der Waals surface area contributed by atoms with Gasteiger partial charge in [0.05, 0.1) is 22.2 Å². The van der Waals surface area contributed by atoms with Gasteiger partial charge in [0.25, 0.3) is 0 Å². The molecule has 2 rings (SSSR count). The molecule has 2 aromatic rings. The molecule has 0 aliphatic rings. The van der Waals surface area contributed by atoms with Crippen LogP contribution in [0.4, 0.5) is 5.00 Å². The summed E-state index contributed by atoms with van der Waals surface area (Å²) in [5.74, 6) is 0. The topological polar surface area (TPSA) is 49.8 Å². The fourth-order valence-corrected chi connectivity index (χ4v) is 3.25. The van der Waals surface area contributed by atoms with E-state index in [0.717, 1.165) is 14.1 Å². The highest BCUT2D eigenvalue weighted by Gasteiger charge is 2.07. The highest BCUT2D eigenvalue weighted by molar-refractivity contribution is 14.1. The van der Waals surface area contributed by atoms with Crippen molar-refractivity contribution in [3.05, 3.63) is 27.3 Å². The molecule has 1 aromatic carbocycles. The highest BCUT2D eigenvalue weighted by Crippen LogP contribution is 2.33. The zero-order chi connectivity index (χ0) is 10.1. The number of nitrogen functional groups attached to an aromatic ring is 1. The molecule has 0 radical (unpaired) electrons. The van der Waals surface area contributed by atoms with Crippen LogP contribution in [0.25, 0.3) is 10.1 Å². The average Bonchev–Trinajstić information content (AvgIpc) is 2.52. The largest absolute Gasteiger partial charge is 0.391 e. The summed E-state index contributed by atoms with van der Waals surface area (Å²) < 4.78 is 2.35. The number of anilines is 1. The minimum Gasteiger partial charge on any atom is -0.391 e. The van der Waals surface area contributed by atoms with Gasteiger partial charge in [-0.05, 0) is 39.6 Å². The molecular weight excluding hydrogens is 307 g/mol. The van der Waals surface area contributed by atoms with Crippen molar-refractivity contribution in [3.8, 4) is 6.07 Å². The molecule has 0 bridgehead atoms. The van der Waals surface area contributed by atoms with Crippen LogP contribution in [0.15, 0.2) is 18.2 Å². The van der Waals surface area contributed by atoms with E-state index < -0.39 is 0 Å². The summed E-state index contributed by atoms with van der Waals surface area (Å²) in [7, 11) is 0. The minimum absolute atomic E-state index is 0.464. The molecule has 2 N–H and O–H groups in total. The molecule has 0 aliphatic carbocycles. The second kappa shape index (κ2) is 3.75. The van der Waals surface area contributed by atoms with Crippen LogP contribution in [0, 0.1) is 14.9 Å². The molecule has 1 aromatic heterocycles. The summed E-state index contributed by atoms with van der Waals surface area (Å²) in [6, 6.07) is 8.16. The van der Waals surface area contributed by atoms with E-state index in [1.165, 1.54) is 10.1 Å². The normalized spacial score (nSPS) is 10.3. The van der Waals surface area contributed by atoms with Gasteiger partial charge in [-0.25, -0.2) is 0 Å². The first-order valence-electron chi connectivity index (χ1n) is 4.05. The van der Waals surface area contributed by atoms with Crippen LogP contribution in [0.2, 0.25) is 0 Å². The number of fused-ring (bicyclic) bond motifs is 1. The molecular formula is C10H7IN2S. The summed E-state index contributed by atoms with van der Waals surface area (Å²) in [6.07, 6.45) is 0.464. The third-order valence-electron chi connectivity index (χ3n) is 1.99. The maximum absolute atomic E-state index is 8.65. The Morgan fingerprint density at radius 1 is 1.50 bits per heavy atom. The number of nitrogens with two attached hydrogens (primary N) is 1. The van der Waals surface area contributed by atoms with E-state index in [-0.39, 0.29) is 0 Å². The lowest BCUT2D eigenvalue weighted by Gasteiger charge is -1.99. The van der Waals surface area contributed by atoms with Crippen molar-refractivity contribution in [2.45, 2.75) is 6.42 Å². The monoisotopic (exact) mass is 314 g/mol. The first-order valence-corrected chi connectivity index (χ1v) is 5.95. The van der Waals surface area contributed by atoms with Crippen LogP contribution >= 0.6 is 33.9 Å². The lowest BCUT2D eigenvalue weighted by atomic mass is 10.1. The van der Waals surface area contributed by atoms with Crippen molar-refractivity contribution in [2.75, 3.05) is 5.73 Å². The van der Waals surface area contributed by atoms with Crippen molar-refractivity contribution in [2.24, 2.45) is 0 Å². The third kappa shape index (κ3) is 1.57. The smallest absolute Gasteiger partial charge is 0.0869 e. The molecule has 2 nitrogen and oxygen atoms in total. The summed E-state index contributed by atoms with van der Waals surface area (Å²) in [6.45, 7) is 0. The maximum atomic E-state index is 8.65. The third-order valence-corrected chi connectivity index (χ3v) is 4.59. The summed E-state index contributed by atoms with van der Waals surface area (Å²) in [5.41, 5.74) is 6.82. The number of benzene rings is 1. The minimum atomic E-state index is 0.464. The van der Waals surface area contributed by atoms with Crippen LogP contribution in [0.3, 0.4) is 0 Å². The van der Waals surface area contributed by atoms with Gasteiger partial charge < -0.3 is 5.73 Å². The molecule has 0 aliphatic heterocycles. The zero-order valence-electron chi connectivity index (χ0n) is 7.25. The predicted octanol–water partition coefficient (Wildman–Crippen LogP) is 3.15. The van der Waals surface area contributed by atoms with Gasteiger partial charge in [-0.3, -0.25) is 0 Å². The van der Waals surface area contributed by atoms with Gasteiger partial charge in [-0.2, -0.15) is 5.26 Å².